The first-order valence-corrected chi connectivity index (χ1v) is 10.7. The molecule has 0 radical (unpaired) electrons. The fraction of sp³-hybridized carbons (Fsp3) is 0.280. The summed E-state index contributed by atoms with van der Waals surface area (Å²) in [5.74, 6) is 0.0767. The largest absolute Gasteiger partial charge is 0.451 e. The molecule has 0 saturated carbocycles. The van der Waals surface area contributed by atoms with Crippen LogP contribution in [-0.4, -0.2) is 30.8 Å². The monoisotopic (exact) mass is 443 g/mol. The van der Waals surface area contributed by atoms with Crippen molar-refractivity contribution < 1.29 is 14.6 Å². The van der Waals surface area contributed by atoms with Gasteiger partial charge in [-0.25, -0.2) is 14.8 Å². The number of ether oxygens (including phenoxy) is 1. The number of esters is 1. The second-order valence-electron chi connectivity index (χ2n) is 9.40. The van der Waals surface area contributed by atoms with Crippen LogP contribution >= 0.6 is 0 Å². The van der Waals surface area contributed by atoms with E-state index in [1.54, 1.807) is 43.1 Å². The second-order valence-corrected chi connectivity index (χ2v) is 9.40. The molecule has 0 atom stereocenters. The third kappa shape index (κ3) is 3.72. The number of rotatable bonds is 4. The highest BCUT2D eigenvalue weighted by molar-refractivity contribution is 5.95. The molecule has 2 aromatic carbocycles. The minimum Gasteiger partial charge on any atom is -0.451 e. The SMILES string of the molecule is Cn1cc(-c2cc(C(C)(C)O)c3nc(Nc4ccc5c(c4)C(C)(C)OC5=O)ncc3c2)cn1. The predicted molar refractivity (Wildman–Crippen MR) is 125 cm³/mol. The molecule has 2 aromatic heterocycles. The number of nitrogens with one attached hydrogen (secondary N) is 1. The molecule has 1 aliphatic rings. The fourth-order valence-corrected chi connectivity index (χ4v) is 4.18. The Labute approximate surface area is 191 Å². The van der Waals surface area contributed by atoms with Crippen LogP contribution in [0, 0.1) is 0 Å². The highest BCUT2D eigenvalue weighted by Gasteiger charge is 2.37. The number of carbonyl (C=O) groups excluding carboxylic acids is 1. The van der Waals surface area contributed by atoms with Gasteiger partial charge in [0.1, 0.15) is 5.60 Å². The number of aromatic nitrogens is 4. The van der Waals surface area contributed by atoms with Crippen LogP contribution in [0.15, 0.2) is 48.9 Å². The first kappa shape index (κ1) is 21.1. The smallest absolute Gasteiger partial charge is 0.339 e. The van der Waals surface area contributed by atoms with E-state index in [9.17, 15) is 9.90 Å². The molecule has 8 nitrogen and oxygen atoms in total. The quantitative estimate of drug-likeness (QED) is 0.451. The van der Waals surface area contributed by atoms with Crippen molar-refractivity contribution in [2.24, 2.45) is 7.05 Å². The number of benzene rings is 2. The zero-order chi connectivity index (χ0) is 23.5. The highest BCUT2D eigenvalue weighted by atomic mass is 16.6. The van der Waals surface area contributed by atoms with Crippen LogP contribution in [0.4, 0.5) is 11.6 Å². The van der Waals surface area contributed by atoms with Crippen LogP contribution in [-0.2, 0) is 23.0 Å². The number of fused-ring (bicyclic) bond motifs is 2. The summed E-state index contributed by atoms with van der Waals surface area (Å²) in [6.07, 6.45) is 5.45. The fourth-order valence-electron chi connectivity index (χ4n) is 4.18. The Morgan fingerprint density at radius 2 is 1.91 bits per heavy atom. The van der Waals surface area contributed by atoms with Gasteiger partial charge in [-0.15, -0.1) is 0 Å². The summed E-state index contributed by atoms with van der Waals surface area (Å²) in [6, 6.07) is 9.37. The normalized spacial score (nSPS) is 14.9. The Kier molecular flexibility index (Phi) is 4.54. The lowest BCUT2D eigenvalue weighted by atomic mass is 9.92. The van der Waals surface area contributed by atoms with E-state index in [1.807, 2.05) is 45.3 Å². The van der Waals surface area contributed by atoms with Crippen molar-refractivity contribution in [1.82, 2.24) is 19.7 Å². The molecule has 0 saturated heterocycles. The summed E-state index contributed by atoms with van der Waals surface area (Å²) in [5, 5.41) is 19.2. The molecule has 5 rings (SSSR count). The van der Waals surface area contributed by atoms with Crippen LogP contribution < -0.4 is 5.32 Å². The number of aliphatic hydroxyl groups is 1. The first-order valence-electron chi connectivity index (χ1n) is 10.7. The van der Waals surface area contributed by atoms with Gasteiger partial charge in [0, 0.05) is 47.2 Å². The lowest BCUT2D eigenvalue weighted by molar-refractivity contribution is 0.00954. The average molecular weight is 444 g/mol. The molecule has 8 heteroatoms. The molecule has 33 heavy (non-hydrogen) atoms. The van der Waals surface area contributed by atoms with Gasteiger partial charge in [0.25, 0.3) is 0 Å². The van der Waals surface area contributed by atoms with Gasteiger partial charge in [-0.1, -0.05) is 0 Å². The molecule has 2 N–H and O–H groups in total. The van der Waals surface area contributed by atoms with Crippen LogP contribution in [0.2, 0.25) is 0 Å². The maximum Gasteiger partial charge on any atom is 0.339 e. The molecule has 0 fully saturated rings. The summed E-state index contributed by atoms with van der Waals surface area (Å²) in [5.41, 5.74) is 3.56. The van der Waals surface area contributed by atoms with Crippen LogP contribution in [0.25, 0.3) is 22.0 Å². The number of hydrogen-bond donors (Lipinski definition) is 2. The van der Waals surface area contributed by atoms with Gasteiger partial charge in [-0.05, 0) is 63.6 Å². The van der Waals surface area contributed by atoms with Crippen molar-refractivity contribution in [1.29, 1.82) is 0 Å². The Bertz CT molecular complexity index is 1420. The minimum atomic E-state index is -1.11. The average Bonchev–Trinajstić information content (AvgIpc) is 3.27. The molecular formula is C25H25N5O3. The Balaban J connectivity index is 1.57. The van der Waals surface area contributed by atoms with Crippen LogP contribution in [0.5, 0.6) is 0 Å². The van der Waals surface area contributed by atoms with Crippen molar-refractivity contribution in [3.05, 3.63) is 65.6 Å². The van der Waals surface area contributed by atoms with Crippen molar-refractivity contribution in [2.75, 3.05) is 5.32 Å². The molecular weight excluding hydrogens is 418 g/mol. The van der Waals surface area contributed by atoms with Gasteiger partial charge in [0.15, 0.2) is 0 Å². The number of anilines is 2. The van der Waals surface area contributed by atoms with Crippen molar-refractivity contribution in [2.45, 2.75) is 38.9 Å². The zero-order valence-electron chi connectivity index (χ0n) is 19.2. The summed E-state index contributed by atoms with van der Waals surface area (Å²) in [7, 11) is 1.87. The Morgan fingerprint density at radius 1 is 1.12 bits per heavy atom. The number of cyclic esters (lactones) is 1. The molecule has 4 aromatic rings. The number of hydrogen-bond acceptors (Lipinski definition) is 7. The standard InChI is InChI=1S/C25H25N5O3/c1-24(2,32)20-9-14(16-12-27-30(5)13-16)8-15-11-26-23(29-21(15)20)28-17-6-7-18-19(10-17)25(3,4)33-22(18)31/h6-13,32H,1-5H3,(H,26,28,29). The lowest BCUT2D eigenvalue weighted by Gasteiger charge is -2.21. The van der Waals surface area contributed by atoms with Crippen LogP contribution in [0.3, 0.4) is 0 Å². The summed E-state index contributed by atoms with van der Waals surface area (Å²) < 4.78 is 7.19. The first-order chi connectivity index (χ1) is 15.5. The third-order valence-electron chi connectivity index (χ3n) is 5.87. The van der Waals surface area contributed by atoms with E-state index in [2.05, 4.69) is 15.4 Å². The van der Waals surface area contributed by atoms with E-state index < -0.39 is 11.2 Å². The summed E-state index contributed by atoms with van der Waals surface area (Å²) in [6.45, 7) is 7.21. The van der Waals surface area contributed by atoms with Gasteiger partial charge < -0.3 is 15.2 Å². The summed E-state index contributed by atoms with van der Waals surface area (Å²) >= 11 is 0. The van der Waals surface area contributed by atoms with E-state index >= 15 is 0 Å². The Hall–Kier alpha value is -3.78. The summed E-state index contributed by atoms with van der Waals surface area (Å²) in [4.78, 5) is 21.3. The van der Waals surface area contributed by atoms with Gasteiger partial charge in [0.2, 0.25) is 5.95 Å². The molecule has 3 heterocycles. The maximum absolute atomic E-state index is 12.1. The van der Waals surface area contributed by atoms with Crippen molar-refractivity contribution in [3.63, 3.8) is 0 Å². The van der Waals surface area contributed by atoms with E-state index in [4.69, 9.17) is 9.72 Å². The number of carbonyl (C=O) groups is 1. The molecule has 1 aliphatic heterocycles. The molecule has 0 spiro atoms. The van der Waals surface area contributed by atoms with E-state index in [1.165, 1.54) is 0 Å². The maximum atomic E-state index is 12.1. The van der Waals surface area contributed by atoms with E-state index in [0.717, 1.165) is 27.8 Å². The lowest BCUT2D eigenvalue weighted by Crippen LogP contribution is -2.17. The Morgan fingerprint density at radius 3 is 2.61 bits per heavy atom. The zero-order valence-corrected chi connectivity index (χ0v) is 19.2. The van der Waals surface area contributed by atoms with Gasteiger partial charge >= 0.3 is 5.97 Å². The van der Waals surface area contributed by atoms with Gasteiger partial charge in [-0.3, -0.25) is 4.68 Å². The molecule has 0 unspecified atom stereocenters. The number of aryl methyl sites for hydroxylation is 1. The topological polar surface area (TPSA) is 102 Å². The van der Waals surface area contributed by atoms with E-state index in [0.29, 0.717) is 22.6 Å². The third-order valence-corrected chi connectivity index (χ3v) is 5.87. The van der Waals surface area contributed by atoms with Crippen LogP contribution in [0.1, 0.15) is 49.2 Å². The molecule has 0 bridgehead atoms. The highest BCUT2D eigenvalue weighted by Crippen LogP contribution is 2.38. The second kappa shape index (κ2) is 7.11. The van der Waals surface area contributed by atoms with Gasteiger partial charge in [0.05, 0.1) is 22.9 Å². The van der Waals surface area contributed by atoms with Gasteiger partial charge in [-0.2, -0.15) is 5.10 Å². The molecule has 0 amide bonds. The number of nitrogens with zero attached hydrogens (tertiary/aromatic N) is 4. The van der Waals surface area contributed by atoms with Crippen molar-refractivity contribution in [3.8, 4) is 11.1 Å². The molecule has 168 valence electrons. The minimum absolute atomic E-state index is 0.317. The van der Waals surface area contributed by atoms with E-state index in [-0.39, 0.29) is 5.97 Å². The predicted octanol–water partition coefficient (Wildman–Crippen LogP) is 4.41. The van der Waals surface area contributed by atoms with Crippen molar-refractivity contribution >= 4 is 28.5 Å². The molecule has 0 aliphatic carbocycles.